The zero-order valence-corrected chi connectivity index (χ0v) is 11.3. The Kier molecular flexibility index (Phi) is 7.93. The van der Waals surface area contributed by atoms with Crippen molar-refractivity contribution in [3.63, 3.8) is 0 Å². The van der Waals surface area contributed by atoms with E-state index in [4.69, 9.17) is 21.1 Å². The molecule has 102 valence electrons. The Balaban J connectivity index is 2.09. The summed E-state index contributed by atoms with van der Waals surface area (Å²) in [7, 11) is 1.65. The van der Waals surface area contributed by atoms with E-state index in [2.05, 4.69) is 5.32 Å². The number of benzene rings is 1. The Morgan fingerprint density at radius 1 is 1.28 bits per heavy atom. The molecule has 1 rings (SSSR count). The van der Waals surface area contributed by atoms with Gasteiger partial charge in [0.2, 0.25) is 0 Å². The average molecular weight is 276 g/mol. The highest BCUT2D eigenvalue weighted by molar-refractivity contribution is 6.31. The minimum absolute atomic E-state index is 0.265. The molecule has 0 spiro atoms. The van der Waals surface area contributed by atoms with Crippen LogP contribution in [-0.2, 0) is 16.0 Å². The molecule has 0 saturated carbocycles. The third-order valence-corrected chi connectivity index (χ3v) is 2.77. The first-order valence-electron chi connectivity index (χ1n) is 5.95. The van der Waals surface area contributed by atoms with E-state index in [1.54, 1.807) is 13.2 Å². The lowest BCUT2D eigenvalue weighted by atomic mass is 10.2. The molecular formula is C13H19ClFNO2. The van der Waals surface area contributed by atoms with Crippen molar-refractivity contribution in [2.75, 3.05) is 33.5 Å². The van der Waals surface area contributed by atoms with E-state index in [1.165, 1.54) is 12.1 Å². The second-order valence-corrected chi connectivity index (χ2v) is 4.28. The van der Waals surface area contributed by atoms with Crippen molar-refractivity contribution in [3.05, 3.63) is 34.6 Å². The highest BCUT2D eigenvalue weighted by atomic mass is 35.5. The van der Waals surface area contributed by atoms with Crippen LogP contribution in [0, 0.1) is 5.82 Å². The number of methoxy groups -OCH3 is 1. The second-order valence-electron chi connectivity index (χ2n) is 3.87. The predicted molar refractivity (Wildman–Crippen MR) is 70.4 cm³/mol. The van der Waals surface area contributed by atoms with Gasteiger partial charge in [0.05, 0.1) is 13.2 Å². The van der Waals surface area contributed by atoms with Crippen LogP contribution in [0.2, 0.25) is 5.02 Å². The van der Waals surface area contributed by atoms with Gasteiger partial charge in [-0.05, 0) is 36.7 Å². The second kappa shape index (κ2) is 9.28. The lowest BCUT2D eigenvalue weighted by Crippen LogP contribution is -2.17. The van der Waals surface area contributed by atoms with Crippen LogP contribution in [0.1, 0.15) is 12.0 Å². The van der Waals surface area contributed by atoms with Crippen molar-refractivity contribution in [2.24, 2.45) is 0 Å². The molecule has 1 aromatic carbocycles. The van der Waals surface area contributed by atoms with Crippen molar-refractivity contribution < 1.29 is 13.9 Å². The van der Waals surface area contributed by atoms with Crippen LogP contribution >= 0.6 is 11.6 Å². The van der Waals surface area contributed by atoms with Gasteiger partial charge in [-0.25, -0.2) is 4.39 Å². The highest BCUT2D eigenvalue weighted by Gasteiger charge is 2.01. The smallest absolute Gasteiger partial charge is 0.123 e. The van der Waals surface area contributed by atoms with Crippen molar-refractivity contribution in [1.82, 2.24) is 5.32 Å². The van der Waals surface area contributed by atoms with Gasteiger partial charge in [0.15, 0.2) is 0 Å². The fourth-order valence-corrected chi connectivity index (χ4v) is 1.63. The molecule has 0 aromatic heterocycles. The standard InChI is InChI=1S/C13H19ClFNO2/c1-17-7-8-18-6-2-5-16-10-11-9-12(15)3-4-13(11)14/h3-4,9,16H,2,5-8,10H2,1H3. The summed E-state index contributed by atoms with van der Waals surface area (Å²) in [5, 5.41) is 3.78. The van der Waals surface area contributed by atoms with E-state index in [0.29, 0.717) is 31.4 Å². The van der Waals surface area contributed by atoms with Crippen molar-refractivity contribution in [2.45, 2.75) is 13.0 Å². The van der Waals surface area contributed by atoms with Gasteiger partial charge in [-0.1, -0.05) is 11.6 Å². The topological polar surface area (TPSA) is 30.5 Å². The molecule has 0 aliphatic rings. The van der Waals surface area contributed by atoms with Crippen LogP contribution in [0.15, 0.2) is 18.2 Å². The number of hydrogen-bond donors (Lipinski definition) is 1. The van der Waals surface area contributed by atoms with E-state index in [9.17, 15) is 4.39 Å². The fourth-order valence-electron chi connectivity index (χ4n) is 1.45. The molecule has 0 bridgehead atoms. The summed E-state index contributed by atoms with van der Waals surface area (Å²) >= 11 is 5.95. The number of hydrogen-bond acceptors (Lipinski definition) is 3. The lowest BCUT2D eigenvalue weighted by molar-refractivity contribution is 0.0695. The number of ether oxygens (including phenoxy) is 2. The first kappa shape index (κ1) is 15.4. The van der Waals surface area contributed by atoms with Crippen LogP contribution in [-0.4, -0.2) is 33.5 Å². The molecule has 0 aliphatic carbocycles. The van der Waals surface area contributed by atoms with Gasteiger partial charge in [-0.2, -0.15) is 0 Å². The van der Waals surface area contributed by atoms with E-state index >= 15 is 0 Å². The molecule has 0 aliphatic heterocycles. The van der Waals surface area contributed by atoms with Crippen LogP contribution in [0.3, 0.4) is 0 Å². The third kappa shape index (κ3) is 6.31. The predicted octanol–water partition coefficient (Wildman–Crippen LogP) is 2.62. The van der Waals surface area contributed by atoms with Gasteiger partial charge >= 0.3 is 0 Å². The van der Waals surface area contributed by atoms with Crippen LogP contribution in [0.25, 0.3) is 0 Å². The maximum absolute atomic E-state index is 13.0. The molecule has 18 heavy (non-hydrogen) atoms. The molecule has 0 atom stereocenters. The zero-order valence-electron chi connectivity index (χ0n) is 10.5. The SMILES string of the molecule is COCCOCCCNCc1cc(F)ccc1Cl. The van der Waals surface area contributed by atoms with Gasteiger partial charge in [0.25, 0.3) is 0 Å². The minimum atomic E-state index is -0.265. The molecule has 3 nitrogen and oxygen atoms in total. The van der Waals surface area contributed by atoms with E-state index < -0.39 is 0 Å². The lowest BCUT2D eigenvalue weighted by Gasteiger charge is -2.07. The summed E-state index contributed by atoms with van der Waals surface area (Å²) in [6.45, 7) is 3.29. The van der Waals surface area contributed by atoms with Gasteiger partial charge in [0.1, 0.15) is 5.82 Å². The van der Waals surface area contributed by atoms with Gasteiger partial charge in [0, 0.05) is 25.3 Å². The first-order valence-corrected chi connectivity index (χ1v) is 6.33. The van der Waals surface area contributed by atoms with Crippen LogP contribution < -0.4 is 5.32 Å². The molecule has 0 saturated heterocycles. The van der Waals surface area contributed by atoms with Crippen LogP contribution in [0.5, 0.6) is 0 Å². The van der Waals surface area contributed by atoms with Crippen molar-refractivity contribution >= 4 is 11.6 Å². The van der Waals surface area contributed by atoms with Crippen molar-refractivity contribution in [1.29, 1.82) is 0 Å². The Labute approximate surface area is 112 Å². The third-order valence-electron chi connectivity index (χ3n) is 2.40. The Hall–Kier alpha value is -0.680. The molecule has 0 unspecified atom stereocenters. The fraction of sp³-hybridized carbons (Fsp3) is 0.538. The summed E-state index contributed by atoms with van der Waals surface area (Å²) in [5.41, 5.74) is 0.775. The molecule has 1 N–H and O–H groups in total. The van der Waals surface area contributed by atoms with E-state index in [-0.39, 0.29) is 5.82 Å². The summed E-state index contributed by atoms with van der Waals surface area (Å²) in [5.74, 6) is -0.265. The Bertz CT molecular complexity index is 350. The Morgan fingerprint density at radius 2 is 2.11 bits per heavy atom. The molecule has 0 heterocycles. The number of halogens is 2. The summed E-state index contributed by atoms with van der Waals surface area (Å²) in [4.78, 5) is 0. The number of rotatable bonds is 9. The monoisotopic (exact) mass is 275 g/mol. The average Bonchev–Trinajstić information content (AvgIpc) is 2.36. The van der Waals surface area contributed by atoms with Gasteiger partial charge in [-0.3, -0.25) is 0 Å². The number of nitrogens with one attached hydrogen (secondary N) is 1. The summed E-state index contributed by atoms with van der Waals surface area (Å²) in [6, 6.07) is 4.38. The molecule has 5 heteroatoms. The summed E-state index contributed by atoms with van der Waals surface area (Å²) in [6.07, 6.45) is 0.899. The molecular weight excluding hydrogens is 257 g/mol. The largest absolute Gasteiger partial charge is 0.382 e. The molecule has 1 aromatic rings. The first-order chi connectivity index (χ1) is 8.74. The maximum atomic E-state index is 13.0. The maximum Gasteiger partial charge on any atom is 0.123 e. The molecule has 0 radical (unpaired) electrons. The zero-order chi connectivity index (χ0) is 13.2. The molecule has 0 amide bonds. The van der Waals surface area contributed by atoms with Gasteiger partial charge < -0.3 is 14.8 Å². The molecule has 0 fully saturated rings. The van der Waals surface area contributed by atoms with E-state index in [0.717, 1.165) is 18.5 Å². The van der Waals surface area contributed by atoms with Crippen LogP contribution in [0.4, 0.5) is 4.39 Å². The summed E-state index contributed by atoms with van der Waals surface area (Å²) < 4.78 is 23.2. The highest BCUT2D eigenvalue weighted by Crippen LogP contribution is 2.16. The minimum Gasteiger partial charge on any atom is -0.382 e. The van der Waals surface area contributed by atoms with Crippen molar-refractivity contribution in [3.8, 4) is 0 Å². The quantitative estimate of drug-likeness (QED) is 0.703. The Morgan fingerprint density at radius 3 is 2.89 bits per heavy atom. The van der Waals surface area contributed by atoms with Gasteiger partial charge in [-0.15, -0.1) is 0 Å². The van der Waals surface area contributed by atoms with E-state index in [1.807, 2.05) is 0 Å². The normalized spacial score (nSPS) is 10.8.